The molecule has 2 N–H and O–H groups in total. The number of benzene rings is 1. The number of amides is 1. The lowest BCUT2D eigenvalue weighted by Crippen LogP contribution is -2.70. The Hall–Kier alpha value is -2.53. The highest BCUT2D eigenvalue weighted by atomic mass is 17.3. The molecule has 6 rings (SSSR count). The molecule has 5 aliphatic rings. The lowest BCUT2D eigenvalue weighted by Gasteiger charge is -2.59. The van der Waals surface area contributed by atoms with Crippen molar-refractivity contribution in [3.63, 3.8) is 0 Å². The quantitative estimate of drug-likeness (QED) is 0.351. The third kappa shape index (κ3) is 5.57. The Kier molecular flexibility index (Phi) is 8.01. The van der Waals surface area contributed by atoms with Crippen molar-refractivity contribution in [1.29, 1.82) is 0 Å². The fourth-order valence-electron chi connectivity index (χ4n) is 6.98. The minimum atomic E-state index is -0.944. The van der Waals surface area contributed by atoms with Crippen molar-refractivity contribution >= 4 is 17.8 Å². The molecule has 5 fully saturated rings. The molecule has 9 atom stereocenters. The summed E-state index contributed by atoms with van der Waals surface area (Å²) < 4.78 is 18.3. The first kappa shape index (κ1) is 28.0. The van der Waals surface area contributed by atoms with Crippen LogP contribution in [-0.2, 0) is 38.4 Å². The number of carboxylic acids is 1. The van der Waals surface area contributed by atoms with Crippen LogP contribution < -0.4 is 5.32 Å². The van der Waals surface area contributed by atoms with Gasteiger partial charge in [0.2, 0.25) is 18.0 Å². The van der Waals surface area contributed by atoms with Gasteiger partial charge < -0.3 is 24.6 Å². The van der Waals surface area contributed by atoms with Crippen LogP contribution in [-0.4, -0.2) is 53.5 Å². The molecule has 214 valence electrons. The molecule has 1 aromatic carbocycles. The molecule has 1 aliphatic carbocycles. The van der Waals surface area contributed by atoms with Crippen LogP contribution >= 0.6 is 0 Å². The zero-order valence-electron chi connectivity index (χ0n) is 22.8. The molecule has 0 unspecified atom stereocenters. The summed E-state index contributed by atoms with van der Waals surface area (Å²) in [5.41, 5.74) is 0.0963. The lowest BCUT2D eigenvalue weighted by molar-refractivity contribution is -0.576. The molecule has 4 aliphatic heterocycles. The predicted molar refractivity (Wildman–Crippen MR) is 137 cm³/mol. The van der Waals surface area contributed by atoms with Gasteiger partial charge in [0.15, 0.2) is 11.9 Å². The predicted octanol–water partition coefficient (Wildman–Crippen LogP) is 3.89. The molecule has 1 amide bonds. The van der Waals surface area contributed by atoms with E-state index in [2.05, 4.69) is 12.2 Å². The Balaban J connectivity index is 1.16. The first-order chi connectivity index (χ1) is 18.6. The number of esters is 1. The number of ether oxygens (including phenoxy) is 3. The molecule has 4 saturated heterocycles. The van der Waals surface area contributed by atoms with Crippen LogP contribution in [0.1, 0.15) is 77.2 Å². The average Bonchev–Trinajstić information content (AvgIpc) is 3.14. The number of carboxylic acid groups (broad SMARTS) is 1. The fraction of sp³-hybridized carbons (Fsp3) is 0.690. The first-order valence-corrected chi connectivity index (χ1v) is 14.0. The van der Waals surface area contributed by atoms with Crippen molar-refractivity contribution in [2.75, 3.05) is 6.54 Å². The number of carbonyl (C=O) groups excluding carboxylic acids is 2. The molecule has 1 saturated carbocycles. The second-order valence-corrected chi connectivity index (χ2v) is 11.8. The number of fused-ring (bicyclic) bond motifs is 2. The number of carbonyl (C=O) groups is 3. The molecule has 2 bridgehead atoms. The van der Waals surface area contributed by atoms with Crippen LogP contribution in [0.5, 0.6) is 0 Å². The number of rotatable bonds is 9. The van der Waals surface area contributed by atoms with E-state index < -0.39 is 35.9 Å². The van der Waals surface area contributed by atoms with Crippen molar-refractivity contribution in [3.8, 4) is 0 Å². The van der Waals surface area contributed by atoms with Crippen molar-refractivity contribution in [1.82, 2.24) is 5.32 Å². The van der Waals surface area contributed by atoms with E-state index in [-0.39, 0.29) is 55.4 Å². The summed E-state index contributed by atoms with van der Waals surface area (Å²) in [4.78, 5) is 48.5. The summed E-state index contributed by atoms with van der Waals surface area (Å²) in [5, 5.41) is 12.0. The topological polar surface area (TPSA) is 130 Å². The fourth-order valence-corrected chi connectivity index (χ4v) is 6.98. The van der Waals surface area contributed by atoms with Crippen LogP contribution in [0.4, 0.5) is 0 Å². The Morgan fingerprint density at radius 3 is 2.59 bits per heavy atom. The second-order valence-electron chi connectivity index (χ2n) is 11.8. The van der Waals surface area contributed by atoms with E-state index in [1.807, 2.05) is 44.2 Å². The largest absolute Gasteiger partial charge is 0.481 e. The summed E-state index contributed by atoms with van der Waals surface area (Å²) in [6, 6.07) is 9.18. The van der Waals surface area contributed by atoms with Gasteiger partial charge in [-0.2, -0.15) is 0 Å². The lowest BCUT2D eigenvalue weighted by atomic mass is 9.58. The van der Waals surface area contributed by atoms with Crippen molar-refractivity contribution in [2.45, 2.75) is 95.6 Å². The maximum atomic E-state index is 12.8. The normalized spacial score (nSPS) is 37.7. The maximum Gasteiger partial charge on any atom is 0.308 e. The van der Waals surface area contributed by atoms with Crippen molar-refractivity contribution in [2.24, 2.45) is 23.7 Å². The maximum absolute atomic E-state index is 12.8. The van der Waals surface area contributed by atoms with E-state index >= 15 is 0 Å². The SMILES string of the molecule is C[C@H]1[C@H](OC(=O)CCC(=O)NC[C@H](CC(=O)O)c2ccccc2)O[C@@H]2O[C@@]3(C)CC[C@H]4[C@H](C)CC[C@@H]1[C@@]24OO3. The summed E-state index contributed by atoms with van der Waals surface area (Å²) in [6.45, 7) is 6.25. The van der Waals surface area contributed by atoms with Gasteiger partial charge in [0.25, 0.3) is 0 Å². The molecule has 0 radical (unpaired) electrons. The third-order valence-corrected chi connectivity index (χ3v) is 9.14. The highest BCUT2D eigenvalue weighted by molar-refractivity contribution is 5.81. The zero-order valence-corrected chi connectivity index (χ0v) is 22.8. The van der Waals surface area contributed by atoms with Gasteiger partial charge >= 0.3 is 11.9 Å². The number of nitrogens with one attached hydrogen (secondary N) is 1. The molecular formula is C29H39NO9. The first-order valence-electron chi connectivity index (χ1n) is 14.0. The van der Waals surface area contributed by atoms with E-state index in [0.717, 1.165) is 24.8 Å². The van der Waals surface area contributed by atoms with Gasteiger partial charge in [-0.1, -0.05) is 44.2 Å². The number of hydrogen-bond acceptors (Lipinski definition) is 8. The Morgan fingerprint density at radius 1 is 1.08 bits per heavy atom. The van der Waals surface area contributed by atoms with E-state index in [1.165, 1.54) is 0 Å². The van der Waals surface area contributed by atoms with Crippen LogP contribution in [0.3, 0.4) is 0 Å². The Morgan fingerprint density at radius 2 is 1.85 bits per heavy atom. The van der Waals surface area contributed by atoms with Crippen molar-refractivity contribution < 1.29 is 43.5 Å². The summed E-state index contributed by atoms with van der Waals surface area (Å²) in [7, 11) is 0. The van der Waals surface area contributed by atoms with Gasteiger partial charge in [0.05, 0.1) is 12.8 Å². The molecule has 1 aromatic rings. The molecule has 4 heterocycles. The molecule has 39 heavy (non-hydrogen) atoms. The van der Waals surface area contributed by atoms with Crippen LogP contribution in [0.15, 0.2) is 30.3 Å². The molecule has 10 heteroatoms. The zero-order chi connectivity index (χ0) is 27.8. The number of aliphatic carboxylic acids is 1. The Bertz CT molecular complexity index is 1070. The minimum Gasteiger partial charge on any atom is -0.481 e. The summed E-state index contributed by atoms with van der Waals surface area (Å²) >= 11 is 0. The third-order valence-electron chi connectivity index (χ3n) is 9.14. The molecular weight excluding hydrogens is 506 g/mol. The summed E-state index contributed by atoms with van der Waals surface area (Å²) in [6.07, 6.45) is 1.71. The highest BCUT2D eigenvalue weighted by Gasteiger charge is 2.69. The smallest absolute Gasteiger partial charge is 0.308 e. The van der Waals surface area contributed by atoms with Crippen LogP contribution in [0, 0.1) is 23.7 Å². The van der Waals surface area contributed by atoms with E-state index in [9.17, 15) is 19.5 Å². The highest BCUT2D eigenvalue weighted by Crippen LogP contribution is 2.60. The summed E-state index contributed by atoms with van der Waals surface area (Å²) in [5.74, 6) is -2.57. The molecule has 0 aromatic heterocycles. The monoisotopic (exact) mass is 545 g/mol. The average molecular weight is 546 g/mol. The van der Waals surface area contributed by atoms with Gasteiger partial charge in [0, 0.05) is 37.1 Å². The standard InChI is InChI=1S/C29H39NO9/c1-17-9-10-22-18(2)26(36-27-29(22)21(17)13-14-28(3,37-27)38-39-29)35-25(34)12-11-23(31)30-16-20(15-24(32)33)19-7-5-4-6-8-19/h4-8,17-18,20-22,26-27H,9-16H2,1-3H3,(H,30,31)(H,32,33)/t17-,18-,20+,21+,22+,26-,27-,28-,29-/m1/s1. The number of hydrogen-bond donors (Lipinski definition) is 2. The van der Waals surface area contributed by atoms with E-state index in [4.69, 9.17) is 24.0 Å². The molecule has 1 spiro atoms. The van der Waals surface area contributed by atoms with Gasteiger partial charge in [-0.3, -0.25) is 14.4 Å². The van der Waals surface area contributed by atoms with E-state index in [0.29, 0.717) is 12.3 Å². The Labute approximate surface area is 228 Å². The van der Waals surface area contributed by atoms with Gasteiger partial charge in [0.1, 0.15) is 0 Å². The van der Waals surface area contributed by atoms with Crippen LogP contribution in [0.25, 0.3) is 0 Å². The van der Waals surface area contributed by atoms with Crippen LogP contribution in [0.2, 0.25) is 0 Å². The van der Waals surface area contributed by atoms with Crippen molar-refractivity contribution in [3.05, 3.63) is 35.9 Å². The minimum absolute atomic E-state index is 0.0327. The second kappa shape index (κ2) is 11.2. The van der Waals surface area contributed by atoms with Gasteiger partial charge in [-0.25, -0.2) is 9.78 Å². The van der Waals surface area contributed by atoms with Gasteiger partial charge in [-0.15, -0.1) is 0 Å². The van der Waals surface area contributed by atoms with Gasteiger partial charge in [-0.05, 0) is 43.6 Å². The molecule has 10 nitrogen and oxygen atoms in total. The van der Waals surface area contributed by atoms with E-state index in [1.54, 1.807) is 0 Å².